The Morgan fingerprint density at radius 1 is 1.43 bits per heavy atom. The third-order valence-corrected chi connectivity index (χ3v) is 1.68. The van der Waals surface area contributed by atoms with Gasteiger partial charge >= 0.3 is 0 Å². The van der Waals surface area contributed by atoms with E-state index in [0.29, 0.717) is 0 Å². The van der Waals surface area contributed by atoms with E-state index in [9.17, 15) is 0 Å². The molecule has 42 valence electrons. The van der Waals surface area contributed by atoms with Gasteiger partial charge in [0.2, 0.25) is 0 Å². The van der Waals surface area contributed by atoms with Crippen LogP contribution < -0.4 is 0 Å². The monoisotopic (exact) mass is 178 g/mol. The lowest BCUT2D eigenvalue weighted by Gasteiger charge is -1.91. The molecule has 0 aliphatic rings. The van der Waals surface area contributed by atoms with Gasteiger partial charge in [-0.05, 0) is 0 Å². The summed E-state index contributed by atoms with van der Waals surface area (Å²) in [5.74, 6) is 0. The molecule has 0 saturated heterocycles. The van der Waals surface area contributed by atoms with E-state index in [1.54, 1.807) is 0 Å². The number of hydrogen-bond donors (Lipinski definition) is 0. The van der Waals surface area contributed by atoms with Crippen molar-refractivity contribution in [2.24, 2.45) is 0 Å². The van der Waals surface area contributed by atoms with Crippen molar-refractivity contribution in [1.29, 1.82) is 0 Å². The fraction of sp³-hybridized carbons (Fsp3) is 0.333. The fourth-order valence-electron chi connectivity index (χ4n) is 0.0476. The first-order valence-corrected chi connectivity index (χ1v) is 3.11. The number of rotatable bonds is 1. The van der Waals surface area contributed by atoms with Crippen LogP contribution in [0.2, 0.25) is 0 Å². The Morgan fingerprint density at radius 2 is 1.86 bits per heavy atom. The van der Waals surface area contributed by atoms with E-state index in [4.69, 9.17) is 46.4 Å². The van der Waals surface area contributed by atoms with Crippen LogP contribution in [-0.2, 0) is 0 Å². The van der Waals surface area contributed by atoms with E-state index in [0.717, 1.165) is 5.54 Å². The van der Waals surface area contributed by atoms with Crippen LogP contribution in [0.15, 0.2) is 10.6 Å². The molecule has 0 aliphatic carbocycles. The quantitative estimate of drug-likeness (QED) is 0.543. The molecule has 0 saturated carbocycles. The van der Waals surface area contributed by atoms with Crippen LogP contribution in [0.3, 0.4) is 0 Å². The maximum Gasteiger partial charge on any atom is 0.144 e. The van der Waals surface area contributed by atoms with Gasteiger partial charge in [-0.2, -0.15) is 0 Å². The van der Waals surface area contributed by atoms with Gasteiger partial charge in [-0.25, -0.2) is 0 Å². The Bertz CT molecular complexity index is 75.0. The van der Waals surface area contributed by atoms with Crippen molar-refractivity contribution in [3.05, 3.63) is 10.6 Å². The van der Waals surface area contributed by atoms with E-state index in [1.165, 1.54) is 0 Å². The van der Waals surface area contributed by atoms with Crippen LogP contribution in [0.25, 0.3) is 0 Å². The summed E-state index contributed by atoms with van der Waals surface area (Å²) in [6.45, 7) is 0. The van der Waals surface area contributed by atoms with Crippen LogP contribution >= 0.6 is 46.4 Å². The number of hydrogen-bond acceptors (Lipinski definition) is 0. The second kappa shape index (κ2) is 3.85. The summed E-state index contributed by atoms with van der Waals surface area (Å²) in [6.07, 6.45) is 0. The van der Waals surface area contributed by atoms with Crippen LogP contribution in [0.1, 0.15) is 0 Å². The Kier molecular flexibility index (Phi) is 4.34. The average Bonchev–Trinajstić information content (AvgIpc) is 1.65. The predicted molar refractivity (Wildman–Crippen MR) is 35.3 cm³/mol. The SMILES string of the molecule is ClC=C(Cl)C(Cl)Cl. The molecule has 0 aromatic heterocycles. The van der Waals surface area contributed by atoms with E-state index in [1.807, 2.05) is 0 Å². The molecule has 0 spiro atoms. The highest BCUT2D eigenvalue weighted by Gasteiger charge is 2.00. The molecule has 0 N–H and O–H groups in total. The largest absolute Gasteiger partial charge is 0.144 e. The normalized spacial score (nSPS) is 13.0. The summed E-state index contributed by atoms with van der Waals surface area (Å²) in [7, 11) is 0. The van der Waals surface area contributed by atoms with Gasteiger partial charge in [0.25, 0.3) is 0 Å². The van der Waals surface area contributed by atoms with Crippen molar-refractivity contribution < 1.29 is 0 Å². The third kappa shape index (κ3) is 3.48. The Morgan fingerprint density at radius 3 is 1.86 bits per heavy atom. The molecule has 0 aliphatic heterocycles. The summed E-state index contributed by atoms with van der Waals surface area (Å²) in [6, 6.07) is 0. The molecule has 0 atom stereocenters. The summed E-state index contributed by atoms with van der Waals surface area (Å²) in [4.78, 5) is -0.695. The average molecular weight is 180 g/mol. The second-order valence-corrected chi connectivity index (χ2v) is 2.55. The highest BCUT2D eigenvalue weighted by Crippen LogP contribution is 2.18. The van der Waals surface area contributed by atoms with Gasteiger partial charge in [-0.3, -0.25) is 0 Å². The lowest BCUT2D eigenvalue weighted by Crippen LogP contribution is -1.81. The Labute approximate surface area is 62.0 Å². The molecule has 0 bridgehead atoms. The number of allylic oxidation sites excluding steroid dienone is 1. The van der Waals surface area contributed by atoms with Gasteiger partial charge in [-0.15, -0.1) is 0 Å². The highest BCUT2D eigenvalue weighted by atomic mass is 35.5. The predicted octanol–water partition coefficient (Wildman–Crippen LogP) is 3.11. The maximum atomic E-state index is 5.27. The van der Waals surface area contributed by atoms with Gasteiger partial charge in [0.05, 0.1) is 5.03 Å². The first kappa shape index (κ1) is 7.90. The van der Waals surface area contributed by atoms with E-state index >= 15 is 0 Å². The van der Waals surface area contributed by atoms with Crippen LogP contribution in [-0.4, -0.2) is 4.84 Å². The van der Waals surface area contributed by atoms with E-state index < -0.39 is 4.84 Å². The molecular weight excluding hydrogens is 178 g/mol. The summed E-state index contributed by atoms with van der Waals surface area (Å²) in [5, 5.41) is 0.241. The zero-order chi connectivity index (χ0) is 5.86. The first-order chi connectivity index (χ1) is 3.18. The zero-order valence-corrected chi connectivity index (χ0v) is 6.19. The van der Waals surface area contributed by atoms with Gasteiger partial charge in [0.1, 0.15) is 4.84 Å². The second-order valence-electron chi connectivity index (χ2n) is 0.795. The molecule has 0 rings (SSSR count). The topological polar surface area (TPSA) is 0 Å². The molecule has 4 heteroatoms. The summed E-state index contributed by atoms with van der Waals surface area (Å²) < 4.78 is 0. The van der Waals surface area contributed by atoms with Gasteiger partial charge in [0, 0.05) is 5.54 Å². The van der Waals surface area contributed by atoms with E-state index in [2.05, 4.69) is 0 Å². The first-order valence-electron chi connectivity index (χ1n) is 1.42. The van der Waals surface area contributed by atoms with E-state index in [-0.39, 0.29) is 5.03 Å². The minimum Gasteiger partial charge on any atom is -0.0990 e. The molecule has 0 aromatic rings. The molecule has 0 unspecified atom stereocenters. The van der Waals surface area contributed by atoms with Crippen LogP contribution in [0, 0.1) is 0 Å². The van der Waals surface area contributed by atoms with Crippen molar-refractivity contribution in [2.75, 3.05) is 0 Å². The highest BCUT2D eigenvalue weighted by molar-refractivity contribution is 6.53. The zero-order valence-electron chi connectivity index (χ0n) is 3.17. The standard InChI is InChI=1S/C3H2Cl4/c4-1-2(5)3(6)7/h1,3H. The number of alkyl halides is 2. The summed E-state index contributed by atoms with van der Waals surface area (Å²) >= 11 is 20.8. The maximum absolute atomic E-state index is 5.27. The van der Waals surface area contributed by atoms with Gasteiger partial charge in [-0.1, -0.05) is 46.4 Å². The Hall–Kier alpha value is 0.900. The van der Waals surface area contributed by atoms with Crippen molar-refractivity contribution >= 4 is 46.4 Å². The smallest absolute Gasteiger partial charge is 0.0990 e. The molecular formula is C3H2Cl4. The number of halogens is 4. The Balaban J connectivity index is 3.56. The van der Waals surface area contributed by atoms with Crippen molar-refractivity contribution in [1.82, 2.24) is 0 Å². The van der Waals surface area contributed by atoms with Gasteiger partial charge in [0.15, 0.2) is 0 Å². The molecule has 0 fully saturated rings. The lowest BCUT2D eigenvalue weighted by molar-refractivity contribution is 1.56. The third-order valence-electron chi connectivity index (χ3n) is 0.313. The molecule has 0 nitrogen and oxygen atoms in total. The molecule has 0 aromatic carbocycles. The lowest BCUT2D eigenvalue weighted by atomic mass is 10.7. The van der Waals surface area contributed by atoms with Crippen molar-refractivity contribution in [3.8, 4) is 0 Å². The van der Waals surface area contributed by atoms with Crippen LogP contribution in [0.4, 0.5) is 0 Å². The molecule has 7 heavy (non-hydrogen) atoms. The van der Waals surface area contributed by atoms with Crippen molar-refractivity contribution in [3.63, 3.8) is 0 Å². The summed E-state index contributed by atoms with van der Waals surface area (Å²) in [5.41, 5.74) is 1.13. The minimum absolute atomic E-state index is 0.241. The fourth-order valence-corrected chi connectivity index (χ4v) is 0.429. The van der Waals surface area contributed by atoms with Crippen molar-refractivity contribution in [2.45, 2.75) is 4.84 Å². The van der Waals surface area contributed by atoms with Crippen LogP contribution in [0.5, 0.6) is 0 Å². The molecule has 0 heterocycles. The molecule has 0 radical (unpaired) electrons. The minimum atomic E-state index is -0.695. The molecule has 0 amide bonds. The van der Waals surface area contributed by atoms with Gasteiger partial charge < -0.3 is 0 Å².